The zero-order valence-electron chi connectivity index (χ0n) is 11.0. The van der Waals surface area contributed by atoms with E-state index in [0.29, 0.717) is 31.8 Å². The highest BCUT2D eigenvalue weighted by molar-refractivity contribution is 6.30. The van der Waals surface area contributed by atoms with Gasteiger partial charge in [-0.15, -0.1) is 0 Å². The first-order valence-corrected chi connectivity index (χ1v) is 6.95. The highest BCUT2D eigenvalue weighted by Gasteiger charge is 2.25. The average molecular weight is 288 g/mol. The molecule has 0 aliphatic carbocycles. The molecule has 0 amide bonds. The minimum atomic E-state index is -0.344. The summed E-state index contributed by atoms with van der Waals surface area (Å²) < 4.78 is 25.0. The fourth-order valence-corrected chi connectivity index (χ4v) is 2.47. The number of hydrogen-bond acceptors (Lipinski definition) is 3. The lowest BCUT2D eigenvalue weighted by molar-refractivity contribution is -0.101. The molecule has 2 atom stereocenters. The summed E-state index contributed by atoms with van der Waals surface area (Å²) in [7, 11) is 0. The summed E-state index contributed by atoms with van der Waals surface area (Å²) in [6.45, 7) is 4.57. The summed E-state index contributed by atoms with van der Waals surface area (Å²) in [6, 6.07) is 5.11. The van der Waals surface area contributed by atoms with Crippen LogP contribution < -0.4 is 5.32 Å². The van der Waals surface area contributed by atoms with Crippen LogP contribution in [0.4, 0.5) is 4.39 Å². The van der Waals surface area contributed by atoms with Crippen molar-refractivity contribution in [1.29, 1.82) is 0 Å². The van der Waals surface area contributed by atoms with Gasteiger partial charge in [0, 0.05) is 6.04 Å². The zero-order chi connectivity index (χ0) is 13.7. The van der Waals surface area contributed by atoms with Crippen molar-refractivity contribution in [2.24, 2.45) is 0 Å². The van der Waals surface area contributed by atoms with Crippen molar-refractivity contribution in [1.82, 2.24) is 5.32 Å². The van der Waals surface area contributed by atoms with Gasteiger partial charge in [-0.3, -0.25) is 0 Å². The van der Waals surface area contributed by atoms with Crippen LogP contribution >= 0.6 is 11.6 Å². The number of benzene rings is 1. The van der Waals surface area contributed by atoms with E-state index in [0.717, 1.165) is 6.54 Å². The minimum Gasteiger partial charge on any atom is -0.376 e. The van der Waals surface area contributed by atoms with Crippen LogP contribution in [0.3, 0.4) is 0 Å². The molecule has 0 radical (unpaired) electrons. The SMILES string of the molecule is CCNC(Cc1cccc(Cl)c1F)C1COCCO1. The van der Waals surface area contributed by atoms with Crippen LogP contribution in [0.1, 0.15) is 12.5 Å². The van der Waals surface area contributed by atoms with Gasteiger partial charge >= 0.3 is 0 Å². The molecule has 1 heterocycles. The second-order valence-electron chi connectivity index (χ2n) is 4.57. The summed E-state index contributed by atoms with van der Waals surface area (Å²) in [5, 5.41) is 3.49. The van der Waals surface area contributed by atoms with Gasteiger partial charge in [0.15, 0.2) is 0 Å². The predicted molar refractivity (Wildman–Crippen MR) is 73.1 cm³/mol. The van der Waals surface area contributed by atoms with Gasteiger partial charge in [-0.1, -0.05) is 30.7 Å². The lowest BCUT2D eigenvalue weighted by Gasteiger charge is -2.31. The molecular weight excluding hydrogens is 269 g/mol. The Bertz CT molecular complexity index is 410. The molecule has 1 aromatic carbocycles. The Morgan fingerprint density at radius 3 is 3.00 bits per heavy atom. The summed E-state index contributed by atoms with van der Waals surface area (Å²) in [4.78, 5) is 0. The number of likely N-dealkylation sites (N-methyl/N-ethyl adjacent to an activating group) is 1. The molecule has 1 saturated heterocycles. The summed E-state index contributed by atoms with van der Waals surface area (Å²) in [5.41, 5.74) is 0.604. The van der Waals surface area contributed by atoms with Gasteiger partial charge < -0.3 is 14.8 Å². The van der Waals surface area contributed by atoms with Crippen LogP contribution in [-0.4, -0.2) is 38.5 Å². The van der Waals surface area contributed by atoms with E-state index in [9.17, 15) is 4.39 Å². The van der Waals surface area contributed by atoms with Crippen LogP contribution in [-0.2, 0) is 15.9 Å². The molecule has 0 bridgehead atoms. The maximum atomic E-state index is 13.9. The third kappa shape index (κ3) is 3.89. The average Bonchev–Trinajstić information content (AvgIpc) is 2.44. The second kappa shape index (κ2) is 7.20. The third-order valence-electron chi connectivity index (χ3n) is 3.23. The van der Waals surface area contributed by atoms with E-state index in [1.807, 2.05) is 6.92 Å². The molecule has 19 heavy (non-hydrogen) atoms. The van der Waals surface area contributed by atoms with Gasteiger partial charge in [0.2, 0.25) is 0 Å². The van der Waals surface area contributed by atoms with Gasteiger partial charge in [0.05, 0.1) is 30.9 Å². The topological polar surface area (TPSA) is 30.5 Å². The Morgan fingerprint density at radius 1 is 1.47 bits per heavy atom. The maximum absolute atomic E-state index is 13.9. The zero-order valence-corrected chi connectivity index (χ0v) is 11.8. The smallest absolute Gasteiger partial charge is 0.145 e. The number of nitrogens with one attached hydrogen (secondary N) is 1. The molecule has 1 aliphatic rings. The Balaban J connectivity index is 2.08. The van der Waals surface area contributed by atoms with Crippen molar-refractivity contribution in [3.63, 3.8) is 0 Å². The normalized spacial score (nSPS) is 21.3. The number of ether oxygens (including phenoxy) is 2. The quantitative estimate of drug-likeness (QED) is 0.902. The van der Waals surface area contributed by atoms with E-state index < -0.39 is 0 Å². The molecular formula is C14H19ClFNO2. The lowest BCUT2D eigenvalue weighted by atomic mass is 10.0. The fraction of sp³-hybridized carbons (Fsp3) is 0.571. The van der Waals surface area contributed by atoms with Crippen molar-refractivity contribution in [3.05, 3.63) is 34.6 Å². The molecule has 5 heteroatoms. The molecule has 1 aliphatic heterocycles. The monoisotopic (exact) mass is 287 g/mol. The maximum Gasteiger partial charge on any atom is 0.145 e. The molecule has 0 spiro atoms. The molecule has 3 nitrogen and oxygen atoms in total. The van der Waals surface area contributed by atoms with E-state index in [4.69, 9.17) is 21.1 Å². The first-order valence-electron chi connectivity index (χ1n) is 6.58. The highest BCUT2D eigenvalue weighted by atomic mass is 35.5. The highest BCUT2D eigenvalue weighted by Crippen LogP contribution is 2.20. The fourth-order valence-electron chi connectivity index (χ4n) is 2.28. The summed E-state index contributed by atoms with van der Waals surface area (Å²) in [5.74, 6) is -0.344. The van der Waals surface area contributed by atoms with Crippen LogP contribution in [0.15, 0.2) is 18.2 Å². The Morgan fingerprint density at radius 2 is 2.32 bits per heavy atom. The van der Waals surface area contributed by atoms with Crippen molar-refractivity contribution >= 4 is 11.6 Å². The van der Waals surface area contributed by atoms with E-state index in [1.54, 1.807) is 18.2 Å². The molecule has 1 aromatic rings. The molecule has 1 fully saturated rings. The number of rotatable bonds is 5. The number of halogens is 2. The van der Waals surface area contributed by atoms with Crippen molar-refractivity contribution in [2.75, 3.05) is 26.4 Å². The third-order valence-corrected chi connectivity index (χ3v) is 3.52. The standard InChI is InChI=1S/C14H19ClFNO2/c1-2-17-12(13-9-18-6-7-19-13)8-10-4-3-5-11(15)14(10)16/h3-5,12-13,17H,2,6-9H2,1H3. The van der Waals surface area contributed by atoms with Gasteiger partial charge in [-0.05, 0) is 24.6 Å². The summed E-state index contributed by atoms with van der Waals surface area (Å²) >= 11 is 5.81. The Hall–Kier alpha value is -0.680. The van der Waals surface area contributed by atoms with E-state index >= 15 is 0 Å². The van der Waals surface area contributed by atoms with E-state index in [1.165, 1.54) is 0 Å². The van der Waals surface area contributed by atoms with Gasteiger partial charge in [-0.25, -0.2) is 4.39 Å². The van der Waals surface area contributed by atoms with Crippen molar-refractivity contribution < 1.29 is 13.9 Å². The van der Waals surface area contributed by atoms with E-state index in [-0.39, 0.29) is 23.0 Å². The molecule has 1 N–H and O–H groups in total. The van der Waals surface area contributed by atoms with Gasteiger partial charge in [0.25, 0.3) is 0 Å². The van der Waals surface area contributed by atoms with Crippen LogP contribution in [0.2, 0.25) is 5.02 Å². The largest absolute Gasteiger partial charge is 0.376 e. The summed E-state index contributed by atoms with van der Waals surface area (Å²) in [6.07, 6.45) is 0.487. The van der Waals surface area contributed by atoms with Crippen LogP contribution in [0, 0.1) is 5.82 Å². The minimum absolute atomic E-state index is 0.0262. The number of hydrogen-bond donors (Lipinski definition) is 1. The molecule has 0 aromatic heterocycles. The Labute approximate surface area is 118 Å². The van der Waals surface area contributed by atoms with Gasteiger partial charge in [-0.2, -0.15) is 0 Å². The van der Waals surface area contributed by atoms with Crippen LogP contribution in [0.25, 0.3) is 0 Å². The first-order chi connectivity index (χ1) is 9.22. The van der Waals surface area contributed by atoms with Gasteiger partial charge in [0.1, 0.15) is 5.82 Å². The van der Waals surface area contributed by atoms with E-state index in [2.05, 4.69) is 5.32 Å². The molecule has 2 rings (SSSR count). The Kier molecular flexibility index (Phi) is 5.58. The predicted octanol–water partition coefficient (Wildman–Crippen LogP) is 2.42. The van der Waals surface area contributed by atoms with Crippen molar-refractivity contribution in [3.8, 4) is 0 Å². The lowest BCUT2D eigenvalue weighted by Crippen LogP contribution is -2.48. The molecule has 106 valence electrons. The molecule has 0 saturated carbocycles. The first kappa shape index (κ1) is 14.7. The molecule has 2 unspecified atom stereocenters. The van der Waals surface area contributed by atoms with Crippen molar-refractivity contribution in [2.45, 2.75) is 25.5 Å². The van der Waals surface area contributed by atoms with Crippen LogP contribution in [0.5, 0.6) is 0 Å². The second-order valence-corrected chi connectivity index (χ2v) is 4.97.